The molecular weight excluding hydrogens is 196 g/mol. The maximum atomic E-state index is 3.18. The van der Waals surface area contributed by atoms with E-state index < -0.39 is 0 Å². The average molecular weight is 220 g/mol. The van der Waals surface area contributed by atoms with Crippen LogP contribution in [0.5, 0.6) is 0 Å². The van der Waals surface area contributed by atoms with E-state index in [0.717, 1.165) is 13.1 Å². The van der Waals surface area contributed by atoms with Gasteiger partial charge >= 0.3 is 0 Å². The molecule has 0 aromatic heterocycles. The number of hydrogen-bond acceptors (Lipinski definition) is 2. The van der Waals surface area contributed by atoms with Crippen molar-refractivity contribution in [3.05, 3.63) is 29.3 Å². The Hall–Kier alpha value is -1.02. The first-order valence-electron chi connectivity index (χ1n) is 6.00. The van der Waals surface area contributed by atoms with E-state index in [2.05, 4.69) is 56.2 Å². The van der Waals surface area contributed by atoms with Crippen LogP contribution in [-0.4, -0.2) is 20.6 Å². The molecule has 0 amide bonds. The van der Waals surface area contributed by atoms with E-state index in [1.165, 1.54) is 16.8 Å². The van der Waals surface area contributed by atoms with Gasteiger partial charge in [-0.15, -0.1) is 0 Å². The number of hydrogen-bond donors (Lipinski definition) is 1. The van der Waals surface area contributed by atoms with Crippen molar-refractivity contribution in [2.24, 2.45) is 5.92 Å². The standard InChI is InChI=1S/C14H24N2/c1-11(2)10-16(5)14-7-6-13(9-15-4)8-12(14)3/h6-8,11,15H,9-10H2,1-5H3. The first kappa shape index (κ1) is 13.0. The molecule has 90 valence electrons. The highest BCUT2D eigenvalue weighted by Gasteiger charge is 2.06. The molecule has 1 aromatic carbocycles. The van der Waals surface area contributed by atoms with Crippen LogP contribution in [-0.2, 0) is 6.54 Å². The molecule has 0 aliphatic rings. The molecule has 16 heavy (non-hydrogen) atoms. The van der Waals surface area contributed by atoms with Crippen LogP contribution in [0, 0.1) is 12.8 Å². The predicted molar refractivity (Wildman–Crippen MR) is 72.1 cm³/mol. The minimum Gasteiger partial charge on any atom is -0.374 e. The summed E-state index contributed by atoms with van der Waals surface area (Å²) in [4.78, 5) is 2.34. The summed E-state index contributed by atoms with van der Waals surface area (Å²) >= 11 is 0. The molecule has 1 N–H and O–H groups in total. The van der Waals surface area contributed by atoms with E-state index in [9.17, 15) is 0 Å². The lowest BCUT2D eigenvalue weighted by Gasteiger charge is -2.23. The largest absolute Gasteiger partial charge is 0.374 e. The topological polar surface area (TPSA) is 15.3 Å². The van der Waals surface area contributed by atoms with Crippen molar-refractivity contribution in [1.82, 2.24) is 5.32 Å². The fourth-order valence-corrected chi connectivity index (χ4v) is 2.11. The lowest BCUT2D eigenvalue weighted by Crippen LogP contribution is -2.23. The van der Waals surface area contributed by atoms with Gasteiger partial charge < -0.3 is 10.2 Å². The maximum absolute atomic E-state index is 3.18. The van der Waals surface area contributed by atoms with Gasteiger partial charge in [0.05, 0.1) is 0 Å². The van der Waals surface area contributed by atoms with Crippen LogP contribution in [0.1, 0.15) is 25.0 Å². The maximum Gasteiger partial charge on any atom is 0.0393 e. The molecule has 2 heteroatoms. The van der Waals surface area contributed by atoms with Crippen LogP contribution in [0.2, 0.25) is 0 Å². The van der Waals surface area contributed by atoms with Gasteiger partial charge in [-0.2, -0.15) is 0 Å². The van der Waals surface area contributed by atoms with Crippen LogP contribution in [0.15, 0.2) is 18.2 Å². The SMILES string of the molecule is CNCc1ccc(N(C)CC(C)C)c(C)c1. The Morgan fingerprint density at radius 1 is 1.31 bits per heavy atom. The van der Waals surface area contributed by atoms with Crippen LogP contribution in [0.4, 0.5) is 5.69 Å². The lowest BCUT2D eigenvalue weighted by atomic mass is 10.1. The number of nitrogens with one attached hydrogen (secondary N) is 1. The van der Waals surface area contributed by atoms with Crippen LogP contribution in [0.3, 0.4) is 0 Å². The van der Waals surface area contributed by atoms with Crippen molar-refractivity contribution in [2.45, 2.75) is 27.3 Å². The van der Waals surface area contributed by atoms with Crippen LogP contribution < -0.4 is 10.2 Å². The molecule has 0 spiro atoms. The summed E-state index contributed by atoms with van der Waals surface area (Å²) < 4.78 is 0. The molecule has 0 saturated heterocycles. The minimum absolute atomic E-state index is 0.696. The van der Waals surface area contributed by atoms with E-state index >= 15 is 0 Å². The molecule has 0 fully saturated rings. The molecule has 2 nitrogen and oxygen atoms in total. The summed E-state index contributed by atoms with van der Waals surface area (Å²) in [5.41, 5.74) is 4.05. The Morgan fingerprint density at radius 2 is 2.00 bits per heavy atom. The van der Waals surface area contributed by atoms with Gasteiger partial charge in [0, 0.05) is 25.8 Å². The zero-order valence-electron chi connectivity index (χ0n) is 11.2. The summed E-state index contributed by atoms with van der Waals surface area (Å²) in [5.74, 6) is 0.696. The Kier molecular flexibility index (Phi) is 4.81. The summed E-state index contributed by atoms with van der Waals surface area (Å²) in [6, 6.07) is 6.70. The fourth-order valence-electron chi connectivity index (χ4n) is 2.11. The number of benzene rings is 1. The third kappa shape index (κ3) is 3.53. The van der Waals surface area contributed by atoms with Crippen molar-refractivity contribution >= 4 is 5.69 Å². The molecule has 0 aliphatic heterocycles. The van der Waals surface area contributed by atoms with Gasteiger partial charge in [-0.05, 0) is 37.1 Å². The number of rotatable bonds is 5. The zero-order valence-corrected chi connectivity index (χ0v) is 11.2. The molecule has 1 rings (SSSR count). The lowest BCUT2D eigenvalue weighted by molar-refractivity contribution is 0.637. The third-order valence-electron chi connectivity index (χ3n) is 2.69. The highest BCUT2D eigenvalue weighted by atomic mass is 15.1. The van der Waals surface area contributed by atoms with Crippen LogP contribution >= 0.6 is 0 Å². The van der Waals surface area contributed by atoms with Gasteiger partial charge in [0.2, 0.25) is 0 Å². The predicted octanol–water partition coefficient (Wildman–Crippen LogP) is 2.81. The summed E-state index contributed by atoms with van der Waals surface area (Å²) in [5, 5.41) is 3.18. The van der Waals surface area contributed by atoms with E-state index in [0.29, 0.717) is 5.92 Å². The molecule has 0 heterocycles. The second-order valence-electron chi connectivity index (χ2n) is 4.93. The van der Waals surface area contributed by atoms with E-state index in [1.807, 2.05) is 7.05 Å². The Morgan fingerprint density at radius 3 is 2.50 bits per heavy atom. The van der Waals surface area contributed by atoms with Crippen molar-refractivity contribution in [2.75, 3.05) is 25.5 Å². The second kappa shape index (κ2) is 5.90. The molecule has 1 aromatic rings. The molecular formula is C14H24N2. The van der Waals surface area contributed by atoms with E-state index in [1.54, 1.807) is 0 Å². The van der Waals surface area contributed by atoms with Crippen LogP contribution in [0.25, 0.3) is 0 Å². The van der Waals surface area contributed by atoms with Crippen molar-refractivity contribution in [1.29, 1.82) is 0 Å². The highest BCUT2D eigenvalue weighted by molar-refractivity contribution is 5.53. The first-order chi connectivity index (χ1) is 7.54. The molecule has 0 radical (unpaired) electrons. The van der Waals surface area contributed by atoms with Crippen molar-refractivity contribution in [3.8, 4) is 0 Å². The van der Waals surface area contributed by atoms with Gasteiger partial charge in [-0.3, -0.25) is 0 Å². The molecule has 0 unspecified atom stereocenters. The van der Waals surface area contributed by atoms with Crippen molar-refractivity contribution < 1.29 is 0 Å². The number of anilines is 1. The van der Waals surface area contributed by atoms with Crippen molar-refractivity contribution in [3.63, 3.8) is 0 Å². The van der Waals surface area contributed by atoms with Gasteiger partial charge in [-0.1, -0.05) is 26.0 Å². The van der Waals surface area contributed by atoms with E-state index in [-0.39, 0.29) is 0 Å². The fraction of sp³-hybridized carbons (Fsp3) is 0.571. The zero-order chi connectivity index (χ0) is 12.1. The summed E-state index contributed by atoms with van der Waals surface area (Å²) in [6.45, 7) is 8.73. The Labute approximate surface area is 99.7 Å². The third-order valence-corrected chi connectivity index (χ3v) is 2.69. The molecule has 0 bridgehead atoms. The summed E-state index contributed by atoms with van der Waals surface area (Å²) in [6.07, 6.45) is 0. The summed E-state index contributed by atoms with van der Waals surface area (Å²) in [7, 11) is 4.15. The Balaban J connectivity index is 2.81. The molecule has 0 saturated carbocycles. The van der Waals surface area contributed by atoms with E-state index in [4.69, 9.17) is 0 Å². The molecule has 0 aliphatic carbocycles. The monoisotopic (exact) mass is 220 g/mol. The number of nitrogens with zero attached hydrogens (tertiary/aromatic N) is 1. The van der Waals surface area contributed by atoms with Gasteiger partial charge in [0.1, 0.15) is 0 Å². The average Bonchev–Trinajstić information content (AvgIpc) is 2.16. The first-order valence-corrected chi connectivity index (χ1v) is 6.00. The van der Waals surface area contributed by atoms with Gasteiger partial charge in [-0.25, -0.2) is 0 Å². The highest BCUT2D eigenvalue weighted by Crippen LogP contribution is 2.21. The van der Waals surface area contributed by atoms with Gasteiger partial charge in [0.15, 0.2) is 0 Å². The smallest absolute Gasteiger partial charge is 0.0393 e. The minimum atomic E-state index is 0.696. The van der Waals surface area contributed by atoms with Gasteiger partial charge in [0.25, 0.3) is 0 Å². The number of aryl methyl sites for hydroxylation is 1. The quantitative estimate of drug-likeness (QED) is 0.821. The molecule has 0 atom stereocenters. The normalized spacial score (nSPS) is 10.9. The second-order valence-corrected chi connectivity index (χ2v) is 4.93. The Bertz CT molecular complexity index is 332.